The van der Waals surface area contributed by atoms with Crippen LogP contribution >= 0.6 is 12.4 Å². The number of hydrogen-bond acceptors (Lipinski definition) is 3. The Morgan fingerprint density at radius 3 is 2.94 bits per heavy atom. The van der Waals surface area contributed by atoms with E-state index in [4.69, 9.17) is 10.5 Å². The third-order valence-electron chi connectivity index (χ3n) is 2.55. The Hall–Kier alpha value is -1.59. The Kier molecular flexibility index (Phi) is 4.69. The van der Waals surface area contributed by atoms with E-state index in [0.29, 0.717) is 10.9 Å². The molecule has 0 amide bonds. The number of carbonyl (C=O) groups is 1. The molecule has 2 aromatic rings. The SMILES string of the molecule is CCOC(=O)C(N)c1c[nH]c2ccc(F)cc12.Cl. The highest BCUT2D eigenvalue weighted by atomic mass is 35.5. The maximum atomic E-state index is 13.1. The first-order valence-corrected chi connectivity index (χ1v) is 5.32. The van der Waals surface area contributed by atoms with Crippen LogP contribution in [0.2, 0.25) is 0 Å². The summed E-state index contributed by atoms with van der Waals surface area (Å²) in [4.78, 5) is 14.5. The molecule has 1 aromatic heterocycles. The Morgan fingerprint density at radius 1 is 1.56 bits per heavy atom. The monoisotopic (exact) mass is 272 g/mol. The van der Waals surface area contributed by atoms with Crippen molar-refractivity contribution in [3.8, 4) is 0 Å². The van der Waals surface area contributed by atoms with E-state index >= 15 is 0 Å². The summed E-state index contributed by atoms with van der Waals surface area (Å²) in [6.45, 7) is 1.97. The molecule has 0 aliphatic carbocycles. The molecule has 98 valence electrons. The lowest BCUT2D eigenvalue weighted by Gasteiger charge is -2.09. The quantitative estimate of drug-likeness (QED) is 0.843. The van der Waals surface area contributed by atoms with E-state index in [1.54, 1.807) is 19.2 Å². The summed E-state index contributed by atoms with van der Waals surface area (Å²) < 4.78 is 18.0. The molecule has 0 saturated carbocycles. The van der Waals surface area contributed by atoms with E-state index in [0.717, 1.165) is 5.52 Å². The lowest BCUT2D eigenvalue weighted by molar-refractivity contribution is -0.144. The molecule has 0 radical (unpaired) electrons. The second kappa shape index (κ2) is 5.84. The Morgan fingerprint density at radius 2 is 2.28 bits per heavy atom. The van der Waals surface area contributed by atoms with Gasteiger partial charge in [-0.25, -0.2) is 9.18 Å². The topological polar surface area (TPSA) is 68.1 Å². The highest BCUT2D eigenvalue weighted by molar-refractivity contribution is 5.89. The summed E-state index contributed by atoms with van der Waals surface area (Å²) in [6, 6.07) is 3.40. The molecule has 0 fully saturated rings. The van der Waals surface area contributed by atoms with Gasteiger partial charge in [-0.2, -0.15) is 0 Å². The maximum Gasteiger partial charge on any atom is 0.327 e. The van der Waals surface area contributed by atoms with E-state index in [2.05, 4.69) is 4.98 Å². The predicted octanol–water partition coefficient (Wildman–Crippen LogP) is 2.29. The summed E-state index contributed by atoms with van der Waals surface area (Å²) in [5.74, 6) is -0.882. The van der Waals surface area contributed by atoms with Gasteiger partial charge < -0.3 is 15.5 Å². The Labute approximate surface area is 110 Å². The van der Waals surface area contributed by atoms with Crippen LogP contribution in [0.4, 0.5) is 4.39 Å². The third kappa shape index (κ3) is 2.63. The van der Waals surface area contributed by atoms with E-state index in [-0.39, 0.29) is 24.8 Å². The molecular weight excluding hydrogens is 259 g/mol. The average Bonchev–Trinajstić information content (AvgIpc) is 2.71. The van der Waals surface area contributed by atoms with Crippen LogP contribution in [0.3, 0.4) is 0 Å². The summed E-state index contributed by atoms with van der Waals surface area (Å²) in [5.41, 5.74) is 7.05. The number of benzene rings is 1. The molecule has 0 aliphatic heterocycles. The molecule has 6 heteroatoms. The fourth-order valence-electron chi connectivity index (χ4n) is 1.73. The minimum absolute atomic E-state index is 0. The molecule has 4 nitrogen and oxygen atoms in total. The van der Waals surface area contributed by atoms with Gasteiger partial charge in [0.2, 0.25) is 0 Å². The number of esters is 1. The first-order chi connectivity index (χ1) is 8.13. The van der Waals surface area contributed by atoms with Crippen molar-refractivity contribution in [2.24, 2.45) is 5.73 Å². The van der Waals surface area contributed by atoms with Gasteiger partial charge in [0, 0.05) is 22.7 Å². The van der Waals surface area contributed by atoms with Crippen LogP contribution in [0.5, 0.6) is 0 Å². The highest BCUT2D eigenvalue weighted by Crippen LogP contribution is 2.24. The van der Waals surface area contributed by atoms with E-state index < -0.39 is 12.0 Å². The minimum atomic E-state index is -0.898. The maximum absolute atomic E-state index is 13.1. The van der Waals surface area contributed by atoms with Crippen LogP contribution in [0.25, 0.3) is 10.9 Å². The van der Waals surface area contributed by atoms with Crippen LogP contribution in [0.1, 0.15) is 18.5 Å². The van der Waals surface area contributed by atoms with Crippen molar-refractivity contribution in [2.75, 3.05) is 6.61 Å². The summed E-state index contributed by atoms with van der Waals surface area (Å²) >= 11 is 0. The third-order valence-corrected chi connectivity index (χ3v) is 2.55. The summed E-state index contributed by atoms with van der Waals surface area (Å²) in [7, 11) is 0. The van der Waals surface area contributed by atoms with Crippen molar-refractivity contribution >= 4 is 29.3 Å². The highest BCUT2D eigenvalue weighted by Gasteiger charge is 2.20. The van der Waals surface area contributed by atoms with Crippen LogP contribution < -0.4 is 5.73 Å². The molecule has 1 unspecified atom stereocenters. The first-order valence-electron chi connectivity index (χ1n) is 5.32. The van der Waals surface area contributed by atoms with Crippen LogP contribution in [0.15, 0.2) is 24.4 Å². The van der Waals surface area contributed by atoms with E-state index in [9.17, 15) is 9.18 Å². The molecule has 1 aromatic carbocycles. The summed E-state index contributed by atoms with van der Waals surface area (Å²) in [6.07, 6.45) is 1.60. The van der Waals surface area contributed by atoms with Crippen molar-refractivity contribution in [1.82, 2.24) is 4.98 Å². The van der Waals surface area contributed by atoms with E-state index in [1.165, 1.54) is 12.1 Å². The molecular formula is C12H14ClFN2O2. The zero-order valence-corrected chi connectivity index (χ0v) is 10.6. The number of fused-ring (bicyclic) bond motifs is 1. The van der Waals surface area contributed by atoms with Gasteiger partial charge in [0.25, 0.3) is 0 Å². The van der Waals surface area contributed by atoms with E-state index in [1.807, 2.05) is 0 Å². The van der Waals surface area contributed by atoms with Gasteiger partial charge in [-0.3, -0.25) is 0 Å². The number of hydrogen-bond donors (Lipinski definition) is 2. The molecule has 2 rings (SSSR count). The molecule has 3 N–H and O–H groups in total. The second-order valence-corrected chi connectivity index (χ2v) is 3.66. The fraction of sp³-hybridized carbons (Fsp3) is 0.250. The zero-order valence-electron chi connectivity index (χ0n) is 9.77. The Bertz CT molecular complexity index is 556. The van der Waals surface area contributed by atoms with Crippen LogP contribution in [-0.2, 0) is 9.53 Å². The van der Waals surface area contributed by atoms with Gasteiger partial charge in [0.15, 0.2) is 0 Å². The van der Waals surface area contributed by atoms with Crippen molar-refractivity contribution in [3.05, 3.63) is 35.8 Å². The predicted molar refractivity (Wildman–Crippen MR) is 69.1 cm³/mol. The first kappa shape index (κ1) is 14.5. The lowest BCUT2D eigenvalue weighted by Crippen LogP contribution is -2.23. The summed E-state index contributed by atoms with van der Waals surface area (Å²) in [5, 5.41) is 0.602. The number of H-pyrrole nitrogens is 1. The number of nitrogens with one attached hydrogen (secondary N) is 1. The van der Waals surface area contributed by atoms with Crippen molar-refractivity contribution in [3.63, 3.8) is 0 Å². The smallest absolute Gasteiger partial charge is 0.327 e. The van der Waals surface area contributed by atoms with Crippen molar-refractivity contribution < 1.29 is 13.9 Å². The molecule has 0 spiro atoms. The van der Waals surface area contributed by atoms with Crippen LogP contribution in [0, 0.1) is 5.82 Å². The van der Waals surface area contributed by atoms with Gasteiger partial charge >= 0.3 is 5.97 Å². The number of ether oxygens (including phenoxy) is 1. The lowest BCUT2D eigenvalue weighted by atomic mass is 10.1. The molecule has 0 saturated heterocycles. The number of rotatable bonds is 3. The van der Waals surface area contributed by atoms with Gasteiger partial charge in [-0.05, 0) is 25.1 Å². The normalized spacial score (nSPS) is 11.9. The standard InChI is InChI=1S/C12H13FN2O2.ClH/c1-2-17-12(16)11(14)9-6-15-10-4-3-7(13)5-8(9)10;/h3-6,11,15H,2,14H2,1H3;1H. The van der Waals surface area contributed by atoms with Crippen LogP contribution in [-0.4, -0.2) is 17.6 Å². The zero-order chi connectivity index (χ0) is 12.4. The minimum Gasteiger partial charge on any atom is -0.465 e. The van der Waals surface area contributed by atoms with Crippen molar-refractivity contribution in [2.45, 2.75) is 13.0 Å². The molecule has 1 heterocycles. The Balaban J connectivity index is 0.00000162. The van der Waals surface area contributed by atoms with Gasteiger partial charge in [0.1, 0.15) is 11.9 Å². The number of nitrogens with two attached hydrogens (primary N) is 1. The number of aromatic nitrogens is 1. The van der Waals surface area contributed by atoms with Gasteiger partial charge in [-0.1, -0.05) is 0 Å². The number of carbonyl (C=O) groups excluding carboxylic acids is 1. The largest absolute Gasteiger partial charge is 0.465 e. The molecule has 18 heavy (non-hydrogen) atoms. The van der Waals surface area contributed by atoms with Gasteiger partial charge in [0.05, 0.1) is 6.61 Å². The molecule has 0 aliphatic rings. The van der Waals surface area contributed by atoms with Gasteiger partial charge in [-0.15, -0.1) is 12.4 Å². The fourth-order valence-corrected chi connectivity index (χ4v) is 1.73. The number of aromatic amines is 1. The second-order valence-electron chi connectivity index (χ2n) is 3.66. The molecule has 0 bridgehead atoms. The van der Waals surface area contributed by atoms with Crippen molar-refractivity contribution in [1.29, 1.82) is 0 Å². The average molecular weight is 273 g/mol. The molecule has 1 atom stereocenters. The number of halogens is 2.